The number of hydrogen-bond acceptors (Lipinski definition) is 25. The Morgan fingerprint density at radius 1 is 0.450 bits per heavy atom. The number of hydrogen-bond donors (Lipinski definition) is 6. The van der Waals surface area contributed by atoms with Gasteiger partial charge in [0.2, 0.25) is 29.5 Å². The molecule has 8 aliphatic heterocycles. The van der Waals surface area contributed by atoms with Gasteiger partial charge in [-0.25, -0.2) is 48.1 Å². The van der Waals surface area contributed by atoms with E-state index in [1.807, 2.05) is 131 Å². The number of nitrogens with one attached hydrogen (secondary N) is 5. The minimum Gasteiger partial charge on any atom is -0.384 e. The number of pyridine rings is 1. The Hall–Kier alpha value is -16.0. The second-order valence-electron chi connectivity index (χ2n) is 39.2. The average Bonchev–Trinajstić information content (AvgIpc) is 1.63. The highest BCUT2D eigenvalue weighted by Gasteiger charge is 2.49. The number of benzene rings is 7. The number of hydroxylamine groups is 2. The number of fused-ring (bicyclic) bond motifs is 3. The lowest BCUT2D eigenvalue weighted by Gasteiger charge is -2.30. The Labute approximate surface area is 857 Å². The number of azo groups is 1. The van der Waals surface area contributed by atoms with Crippen molar-refractivity contribution in [2.75, 3.05) is 149 Å². The molecule has 3 atom stereocenters. The van der Waals surface area contributed by atoms with Crippen molar-refractivity contribution in [1.82, 2.24) is 89.7 Å². The quantitative estimate of drug-likeness (QED) is 0.0293. The Morgan fingerprint density at radius 3 is 1.40 bits per heavy atom. The van der Waals surface area contributed by atoms with Crippen molar-refractivity contribution in [2.45, 2.75) is 76.7 Å². The van der Waals surface area contributed by atoms with Gasteiger partial charge in [0.05, 0.1) is 77.2 Å². The Bertz CT molecular complexity index is 7490. The van der Waals surface area contributed by atoms with Crippen LogP contribution in [0.4, 0.5) is 35.9 Å². The van der Waals surface area contributed by atoms with E-state index in [-0.39, 0.29) is 86.5 Å². The number of rotatable bonds is 26. The molecule has 0 radical (unpaired) electrons. The van der Waals surface area contributed by atoms with E-state index in [1.54, 1.807) is 105 Å². The van der Waals surface area contributed by atoms with Crippen LogP contribution >= 0.6 is 0 Å². The number of methoxy groups -OCH3 is 3. The van der Waals surface area contributed by atoms with Gasteiger partial charge in [-0.05, 0) is 256 Å². The fraction of sp³-hybridized carbons (Fsp3) is 0.301. The summed E-state index contributed by atoms with van der Waals surface area (Å²) in [6.07, 6.45) is 30.5. The van der Waals surface area contributed by atoms with Crippen LogP contribution in [-0.4, -0.2) is 269 Å². The van der Waals surface area contributed by atoms with Crippen molar-refractivity contribution in [2.24, 2.45) is 21.1 Å². The monoisotopic (exact) mass is 2010 g/mol. The zero-order valence-electron chi connectivity index (χ0n) is 83.2. The van der Waals surface area contributed by atoms with Gasteiger partial charge >= 0.3 is 0 Å². The van der Waals surface area contributed by atoms with Crippen molar-refractivity contribution in [1.29, 1.82) is 0 Å². The van der Waals surface area contributed by atoms with E-state index in [1.165, 1.54) is 62.2 Å². The number of amides is 6. The highest BCUT2D eigenvalue weighted by atomic mass is 19.1. The molecule has 7 aromatic carbocycles. The highest BCUT2D eigenvalue weighted by molar-refractivity contribution is 6.04. The molecule has 4 fully saturated rings. The number of likely N-dealkylation sites (tertiary alicyclic amines) is 3. The van der Waals surface area contributed by atoms with E-state index in [2.05, 4.69) is 111 Å². The van der Waals surface area contributed by atoms with Gasteiger partial charge in [0, 0.05) is 210 Å². The summed E-state index contributed by atoms with van der Waals surface area (Å²) in [6, 6.07) is 47.1. The van der Waals surface area contributed by atoms with Gasteiger partial charge in [-0.2, -0.15) is 10.2 Å². The van der Waals surface area contributed by atoms with Gasteiger partial charge in [-0.1, -0.05) is 54.6 Å². The maximum Gasteiger partial charge on any atom is 0.258 e. The number of aromatic nitrogens is 11. The molecule has 6 amide bonds. The number of ether oxygens (including phenoxy) is 3. The molecule has 9 aliphatic rings. The standard InChI is InChI=1S/C40H41FN8O3.C37H35F2N7O3.C36H36N8O4/c1-25-20-43-38(44-21-25)31-7-5-28(17-33(31)41)26-10-14-49(15-11-26)36(50)22-48-16-12-40(23-48,24-52-2)39(51)45-30-6-8-34-32(19-30)37(47-46-34)29-9-13-42-35(18-29)27-3-4-27;1-23-19-40-35(41-20-23)29-9-5-26(17-31(29)39)24-11-14-46(15-12-24)33(47)21-45-16-13-37(22-45,49-2)36(48)42-28-8-10-32-30(18-28)34(44-43-32)25-3-6-27(38)7-4-25;1-48-24-36(35(46)39-29-7-8-31-30(21-29)33(41-40-31)27-11-18-44(47)19-12-27)13-20-42(23-36)22-32(45)43-16-9-26(10-17-43)25-3-5-28(6-4-25)34-37-14-2-15-38-34/h5-10,13,17-21,27H,3-4,11-12,14-16,22-24H2,1-2H3,(H,45,51)(H,46,47);3-11,17-20H,12-16,21-22H2,1-2H3,(H,42,48)(H,43,44);2-9,11-12,14-15,18-19,21,47H,10,13,16-17,20,22-24H2,1H3,(H,39,46)/t40-;37-;36-/m001/s1. The van der Waals surface area contributed by atoms with Gasteiger partial charge in [0.25, 0.3) is 5.91 Å². The second-order valence-corrected chi connectivity index (χ2v) is 39.2. The molecule has 1 saturated carbocycles. The van der Waals surface area contributed by atoms with Crippen LogP contribution in [0.2, 0.25) is 0 Å². The van der Waals surface area contributed by atoms with E-state index in [0.29, 0.717) is 173 Å². The molecule has 22 rings (SSSR count). The molecule has 14 heterocycles. The lowest BCUT2D eigenvalue weighted by atomic mass is 9.86. The van der Waals surface area contributed by atoms with Crippen LogP contribution in [0.3, 0.4) is 0 Å². The minimum absolute atomic E-state index is 0.000803. The number of allylic oxidation sites excluding steroid dienone is 3. The van der Waals surface area contributed by atoms with Crippen LogP contribution in [-0.2, 0) is 43.0 Å². The summed E-state index contributed by atoms with van der Waals surface area (Å²) in [4.78, 5) is 123. The lowest BCUT2D eigenvalue weighted by Crippen LogP contribution is -2.48. The summed E-state index contributed by atoms with van der Waals surface area (Å²) in [5.41, 5.74) is 17.5. The summed E-state index contributed by atoms with van der Waals surface area (Å²) in [5.74, 6) is 0.254. The summed E-state index contributed by atoms with van der Waals surface area (Å²) in [5, 5.41) is 45.2. The number of carbonyl (C=O) groups excluding carboxylic acids is 6. The molecular formula is C113H112F3N23O10. The zero-order chi connectivity index (χ0) is 103. The molecule has 0 spiro atoms. The van der Waals surface area contributed by atoms with Gasteiger partial charge in [-0.15, -0.1) is 10.2 Å². The fourth-order valence-electron chi connectivity index (χ4n) is 20.4. The Morgan fingerprint density at radius 2 is 0.913 bits per heavy atom. The first-order valence-electron chi connectivity index (χ1n) is 49.8. The topological polar surface area (TPSA) is 381 Å². The maximum atomic E-state index is 15.1. The van der Waals surface area contributed by atoms with E-state index < -0.39 is 22.2 Å². The van der Waals surface area contributed by atoms with Gasteiger partial charge < -0.3 is 44.9 Å². The minimum atomic E-state index is -1.12. The van der Waals surface area contributed by atoms with Crippen molar-refractivity contribution in [3.63, 3.8) is 0 Å². The zero-order valence-corrected chi connectivity index (χ0v) is 83.2. The average molecular weight is 2010 g/mol. The number of halogens is 3. The molecule has 149 heavy (non-hydrogen) atoms. The predicted molar refractivity (Wildman–Crippen MR) is 559 cm³/mol. The molecule has 0 bridgehead atoms. The van der Waals surface area contributed by atoms with Crippen LogP contribution in [0.1, 0.15) is 96.4 Å². The number of aromatic amines is 2. The normalized spacial score (nSPS) is 19.2. The van der Waals surface area contributed by atoms with Gasteiger partial charge in [0.1, 0.15) is 28.8 Å². The van der Waals surface area contributed by atoms with Crippen LogP contribution < -0.4 is 16.0 Å². The SMILES string of the molecule is COC[C@@]1(C(=O)Nc2ccc3c(c2)C(=C2C=CN(O)C=C2)N=N3)CCN(CC(=O)N2CC=C(c3ccc(-c4ncccn4)cc3)CC2)C1.COC[C@]1(C(=O)Nc2ccc3[nH]nc(-c4ccnc(C5CC5)c4)c3c2)CCN(CC(=O)N2CC=C(c3ccc(-c4ncc(C)cn4)c(F)c3)CC2)C1.CO[C@@]1(C(=O)Nc2ccc3[nH]nc(-c4ccc(F)cc4)c3c2)CCN(CC(=O)N2CC=C(c3ccc(-c4ncc(C)cn4)c(F)c3)CC2)C1. The second kappa shape index (κ2) is 44.0. The molecule has 6 aromatic heterocycles. The van der Waals surface area contributed by atoms with Crippen LogP contribution in [0.15, 0.2) is 260 Å². The summed E-state index contributed by atoms with van der Waals surface area (Å²) < 4.78 is 60.5. The number of nitrogens with zero attached hydrogens (tertiary/aromatic N) is 18. The van der Waals surface area contributed by atoms with E-state index >= 15 is 8.78 Å². The Kier molecular flexibility index (Phi) is 29.6. The lowest BCUT2D eigenvalue weighted by molar-refractivity contribution is -0.138. The molecule has 13 aromatic rings. The van der Waals surface area contributed by atoms with Crippen molar-refractivity contribution < 1.29 is 61.4 Å². The number of H-pyrrole nitrogens is 2. The third-order valence-corrected chi connectivity index (χ3v) is 29.0. The largest absolute Gasteiger partial charge is 0.384 e. The molecular weight excluding hydrogens is 1900 g/mol. The first kappa shape index (κ1) is 100. The number of anilines is 3. The smallest absolute Gasteiger partial charge is 0.258 e. The van der Waals surface area contributed by atoms with E-state index in [4.69, 9.17) is 14.2 Å². The van der Waals surface area contributed by atoms with Crippen LogP contribution in [0.5, 0.6) is 0 Å². The molecule has 33 nitrogen and oxygen atoms in total. The first-order chi connectivity index (χ1) is 72.4. The Balaban J connectivity index is 0.000000135. The van der Waals surface area contributed by atoms with Crippen molar-refractivity contribution in [3.8, 4) is 56.7 Å². The van der Waals surface area contributed by atoms with Crippen LogP contribution in [0, 0.1) is 42.1 Å². The molecule has 3 saturated heterocycles. The maximum absolute atomic E-state index is 15.1. The molecule has 6 N–H and O–H groups in total. The van der Waals surface area contributed by atoms with E-state index in [0.717, 1.165) is 111 Å². The molecule has 1 aliphatic carbocycles. The number of carbonyl (C=O) groups is 6. The van der Waals surface area contributed by atoms with Crippen molar-refractivity contribution >= 4 is 102 Å². The third kappa shape index (κ3) is 22.5. The summed E-state index contributed by atoms with van der Waals surface area (Å²) >= 11 is 0. The third-order valence-electron chi connectivity index (χ3n) is 29.0. The highest BCUT2D eigenvalue weighted by Crippen LogP contribution is 2.45. The fourth-order valence-corrected chi connectivity index (χ4v) is 20.4. The van der Waals surface area contributed by atoms with Gasteiger partial charge in [0.15, 0.2) is 23.1 Å². The molecule has 760 valence electrons. The predicted octanol–water partition coefficient (Wildman–Crippen LogP) is 16.9. The summed E-state index contributed by atoms with van der Waals surface area (Å²) in [7, 11) is 4.71. The van der Waals surface area contributed by atoms with Gasteiger partial charge in [-0.3, -0.25) is 63.9 Å². The van der Waals surface area contributed by atoms with Crippen LogP contribution in [0.25, 0.3) is 101 Å². The molecule has 36 heteroatoms. The number of aryl methyl sites for hydroxylation is 2. The first-order valence-corrected chi connectivity index (χ1v) is 49.8. The summed E-state index contributed by atoms with van der Waals surface area (Å²) in [6.45, 7) is 10.8. The van der Waals surface area contributed by atoms with Crippen molar-refractivity contribution in [3.05, 3.63) is 306 Å². The van der Waals surface area contributed by atoms with E-state index in [9.17, 15) is 38.4 Å². The molecule has 0 unspecified atom stereocenters.